The molecule has 0 radical (unpaired) electrons. The van der Waals surface area contributed by atoms with Crippen LogP contribution in [0, 0.1) is 0 Å². The molecule has 0 aromatic heterocycles. The lowest BCUT2D eigenvalue weighted by atomic mass is 10.2. The van der Waals surface area contributed by atoms with Crippen LogP contribution in [0.2, 0.25) is 10.0 Å². The first kappa shape index (κ1) is 15.5. The van der Waals surface area contributed by atoms with Crippen LogP contribution in [0.5, 0.6) is 11.5 Å². The van der Waals surface area contributed by atoms with Crippen molar-refractivity contribution in [2.75, 3.05) is 11.9 Å². The first-order valence-electron chi connectivity index (χ1n) is 6.23. The zero-order valence-corrected chi connectivity index (χ0v) is 12.7. The van der Waals surface area contributed by atoms with Crippen molar-refractivity contribution >= 4 is 34.8 Å². The van der Waals surface area contributed by atoms with Crippen LogP contribution in [0.4, 0.5) is 5.69 Å². The molecule has 6 heteroatoms. The molecule has 0 saturated carbocycles. The zero-order valence-electron chi connectivity index (χ0n) is 11.2. The topological polar surface area (TPSA) is 58.6 Å². The Morgan fingerprint density at radius 1 is 1.19 bits per heavy atom. The van der Waals surface area contributed by atoms with Crippen molar-refractivity contribution in [3.8, 4) is 11.5 Å². The predicted octanol–water partition coefficient (Wildman–Crippen LogP) is 4.35. The molecule has 2 aromatic carbocycles. The molecule has 2 rings (SSSR count). The molecule has 0 heterocycles. The summed E-state index contributed by atoms with van der Waals surface area (Å²) in [5, 5.41) is 12.3. The second kappa shape index (κ2) is 6.70. The predicted molar refractivity (Wildman–Crippen MR) is 83.7 cm³/mol. The highest BCUT2D eigenvalue weighted by Gasteiger charge is 2.10. The second-order valence-electron chi connectivity index (χ2n) is 4.20. The number of benzene rings is 2. The number of anilines is 1. The minimum Gasteiger partial charge on any atom is -0.505 e. The molecule has 0 spiro atoms. The average molecular weight is 326 g/mol. The molecule has 0 bridgehead atoms. The first-order valence-corrected chi connectivity index (χ1v) is 6.99. The smallest absolute Gasteiger partial charge is 0.255 e. The summed E-state index contributed by atoms with van der Waals surface area (Å²) in [4.78, 5) is 12.1. The molecule has 0 aliphatic carbocycles. The van der Waals surface area contributed by atoms with Gasteiger partial charge in [0.2, 0.25) is 0 Å². The molecule has 4 nitrogen and oxygen atoms in total. The van der Waals surface area contributed by atoms with Gasteiger partial charge < -0.3 is 15.2 Å². The molecule has 0 atom stereocenters. The standard InChI is InChI=1S/C15H13Cl2NO3/c1-2-21-11-5-3-9(4-6-11)15(20)18-10-7-12(16)14(19)13(17)8-10/h3-8,19H,2H2,1H3,(H,18,20). The average Bonchev–Trinajstić information content (AvgIpc) is 2.45. The summed E-state index contributed by atoms with van der Waals surface area (Å²) in [7, 11) is 0. The van der Waals surface area contributed by atoms with E-state index in [2.05, 4.69) is 5.32 Å². The lowest BCUT2D eigenvalue weighted by Gasteiger charge is -2.08. The van der Waals surface area contributed by atoms with Crippen molar-refractivity contribution in [3.05, 3.63) is 52.0 Å². The number of rotatable bonds is 4. The van der Waals surface area contributed by atoms with Crippen LogP contribution in [-0.2, 0) is 0 Å². The van der Waals surface area contributed by atoms with Crippen LogP contribution in [0.15, 0.2) is 36.4 Å². The van der Waals surface area contributed by atoms with Crippen LogP contribution in [-0.4, -0.2) is 17.6 Å². The van der Waals surface area contributed by atoms with Gasteiger partial charge in [0, 0.05) is 11.3 Å². The van der Waals surface area contributed by atoms with E-state index in [0.29, 0.717) is 23.6 Å². The maximum atomic E-state index is 12.1. The van der Waals surface area contributed by atoms with Crippen molar-refractivity contribution in [2.24, 2.45) is 0 Å². The third-order valence-corrected chi connectivity index (χ3v) is 3.28. The normalized spacial score (nSPS) is 10.2. The van der Waals surface area contributed by atoms with Gasteiger partial charge in [-0.15, -0.1) is 0 Å². The Morgan fingerprint density at radius 2 is 1.76 bits per heavy atom. The third kappa shape index (κ3) is 3.80. The molecule has 0 saturated heterocycles. The largest absolute Gasteiger partial charge is 0.505 e. The molecule has 0 aliphatic rings. The number of hydrogen-bond donors (Lipinski definition) is 2. The van der Waals surface area contributed by atoms with Crippen LogP contribution >= 0.6 is 23.2 Å². The van der Waals surface area contributed by atoms with Gasteiger partial charge in [-0.05, 0) is 43.3 Å². The fraction of sp³-hybridized carbons (Fsp3) is 0.133. The van der Waals surface area contributed by atoms with Crippen LogP contribution in [0.25, 0.3) is 0 Å². The highest BCUT2D eigenvalue weighted by atomic mass is 35.5. The van der Waals surface area contributed by atoms with Gasteiger partial charge in [-0.1, -0.05) is 23.2 Å². The number of nitrogens with one attached hydrogen (secondary N) is 1. The molecule has 21 heavy (non-hydrogen) atoms. The van der Waals surface area contributed by atoms with E-state index in [-0.39, 0.29) is 21.7 Å². The Bertz CT molecular complexity index is 633. The lowest BCUT2D eigenvalue weighted by molar-refractivity contribution is 0.102. The number of amides is 1. The molecule has 110 valence electrons. The summed E-state index contributed by atoms with van der Waals surface area (Å²) in [5.74, 6) is 0.179. The maximum absolute atomic E-state index is 12.1. The number of aromatic hydroxyl groups is 1. The van der Waals surface area contributed by atoms with Crippen LogP contribution in [0.3, 0.4) is 0 Å². The number of ether oxygens (including phenoxy) is 1. The first-order chi connectivity index (χ1) is 10.0. The zero-order chi connectivity index (χ0) is 15.4. The van der Waals surface area contributed by atoms with Gasteiger partial charge in [-0.2, -0.15) is 0 Å². The second-order valence-corrected chi connectivity index (χ2v) is 5.01. The Hall–Kier alpha value is -1.91. The molecule has 0 unspecified atom stereocenters. The number of phenols is 1. The lowest BCUT2D eigenvalue weighted by Crippen LogP contribution is -2.11. The van der Waals surface area contributed by atoms with Crippen LogP contribution < -0.4 is 10.1 Å². The molecule has 1 amide bonds. The van der Waals surface area contributed by atoms with E-state index >= 15 is 0 Å². The van der Waals surface area contributed by atoms with Gasteiger partial charge in [0.25, 0.3) is 5.91 Å². The van der Waals surface area contributed by atoms with E-state index in [0.717, 1.165) is 0 Å². The number of hydrogen-bond acceptors (Lipinski definition) is 3. The molecular weight excluding hydrogens is 313 g/mol. The Kier molecular flexibility index (Phi) is 4.94. The fourth-order valence-electron chi connectivity index (χ4n) is 1.71. The van der Waals surface area contributed by atoms with Crippen molar-refractivity contribution in [1.82, 2.24) is 0 Å². The summed E-state index contributed by atoms with van der Waals surface area (Å²) in [6, 6.07) is 9.60. The van der Waals surface area contributed by atoms with Crippen molar-refractivity contribution in [3.63, 3.8) is 0 Å². The number of carbonyl (C=O) groups excluding carboxylic acids is 1. The number of carbonyl (C=O) groups is 1. The summed E-state index contributed by atoms with van der Waals surface area (Å²) < 4.78 is 5.31. The van der Waals surface area contributed by atoms with Gasteiger partial charge in [0.1, 0.15) is 5.75 Å². The van der Waals surface area contributed by atoms with E-state index in [1.54, 1.807) is 24.3 Å². The Morgan fingerprint density at radius 3 is 2.29 bits per heavy atom. The number of halogens is 2. The van der Waals surface area contributed by atoms with Crippen LogP contribution in [0.1, 0.15) is 17.3 Å². The van der Waals surface area contributed by atoms with Gasteiger partial charge in [-0.25, -0.2) is 0 Å². The third-order valence-electron chi connectivity index (χ3n) is 2.70. The molecular formula is C15H13Cl2NO3. The molecule has 2 N–H and O–H groups in total. The minimum atomic E-state index is -0.309. The molecule has 2 aromatic rings. The van der Waals surface area contributed by atoms with Gasteiger partial charge in [0.15, 0.2) is 5.75 Å². The van der Waals surface area contributed by atoms with Crippen molar-refractivity contribution < 1.29 is 14.6 Å². The SMILES string of the molecule is CCOc1ccc(C(=O)Nc2cc(Cl)c(O)c(Cl)c2)cc1. The Balaban J connectivity index is 2.14. The fourth-order valence-corrected chi connectivity index (χ4v) is 2.20. The Labute approximate surface area is 132 Å². The van der Waals surface area contributed by atoms with Gasteiger partial charge >= 0.3 is 0 Å². The molecule has 0 fully saturated rings. The van der Waals surface area contributed by atoms with E-state index < -0.39 is 0 Å². The molecule has 0 aliphatic heterocycles. The highest BCUT2D eigenvalue weighted by molar-refractivity contribution is 6.37. The van der Waals surface area contributed by atoms with Crippen molar-refractivity contribution in [1.29, 1.82) is 0 Å². The number of phenolic OH excluding ortho intramolecular Hbond substituents is 1. The summed E-state index contributed by atoms with van der Waals surface area (Å²) in [6.07, 6.45) is 0. The maximum Gasteiger partial charge on any atom is 0.255 e. The van der Waals surface area contributed by atoms with E-state index in [1.165, 1.54) is 12.1 Å². The summed E-state index contributed by atoms with van der Waals surface area (Å²) in [6.45, 7) is 2.45. The highest BCUT2D eigenvalue weighted by Crippen LogP contribution is 2.34. The van der Waals surface area contributed by atoms with Gasteiger partial charge in [0.05, 0.1) is 16.7 Å². The summed E-state index contributed by atoms with van der Waals surface area (Å²) in [5.41, 5.74) is 0.875. The minimum absolute atomic E-state index is 0.0736. The van der Waals surface area contributed by atoms with E-state index in [1.807, 2.05) is 6.92 Å². The monoisotopic (exact) mass is 325 g/mol. The quantitative estimate of drug-likeness (QED) is 0.821. The van der Waals surface area contributed by atoms with E-state index in [9.17, 15) is 9.90 Å². The van der Waals surface area contributed by atoms with Crippen molar-refractivity contribution in [2.45, 2.75) is 6.92 Å². The van der Waals surface area contributed by atoms with Gasteiger partial charge in [-0.3, -0.25) is 4.79 Å². The summed E-state index contributed by atoms with van der Waals surface area (Å²) >= 11 is 11.6. The van der Waals surface area contributed by atoms with E-state index in [4.69, 9.17) is 27.9 Å².